The smallest absolute Gasteiger partial charge is 0.303 e. The molecule has 1 aliphatic carbocycles. The van der Waals surface area contributed by atoms with Crippen LogP contribution in [0.2, 0.25) is 0 Å². The first-order chi connectivity index (χ1) is 50.9. The second kappa shape index (κ2) is 42.5. The van der Waals surface area contributed by atoms with Gasteiger partial charge in [0.25, 0.3) is 0 Å². The molecule has 2 heterocycles. The Bertz CT molecular complexity index is 3860. The summed E-state index contributed by atoms with van der Waals surface area (Å²) in [6.45, 7) is 1.94. The van der Waals surface area contributed by atoms with Crippen molar-refractivity contribution in [2.24, 2.45) is 33.8 Å². The summed E-state index contributed by atoms with van der Waals surface area (Å²) >= 11 is 0. The Morgan fingerprint density at radius 2 is 1.26 bits per heavy atom. The number of aromatic nitrogens is 1. The number of hydrogen-bond donors (Lipinski definition) is 18. The van der Waals surface area contributed by atoms with Crippen molar-refractivity contribution in [2.45, 2.75) is 171 Å². The molecule has 2 fully saturated rings. The fourth-order valence-corrected chi connectivity index (χ4v) is 14.1. The normalized spacial score (nSPS) is 21.3. The van der Waals surface area contributed by atoms with Gasteiger partial charge in [0.15, 0.2) is 5.96 Å². The van der Waals surface area contributed by atoms with E-state index in [1.807, 2.05) is 0 Å². The molecule has 1 aromatic heterocycles. The lowest BCUT2D eigenvalue weighted by Crippen LogP contribution is -2.61. The van der Waals surface area contributed by atoms with E-state index in [0.717, 1.165) is 52.6 Å². The number of primary amides is 1. The predicted octanol–water partition coefficient (Wildman–Crippen LogP) is -1.51. The van der Waals surface area contributed by atoms with E-state index < -0.39 is 224 Å². The highest BCUT2D eigenvalue weighted by Crippen LogP contribution is 2.27. The second-order valence-electron chi connectivity index (χ2n) is 26.0. The van der Waals surface area contributed by atoms with Crippen LogP contribution >= 0.6 is 21.6 Å². The number of nitrogens with zero attached hydrogens (tertiary/aromatic N) is 2. The molecule has 107 heavy (non-hydrogen) atoms. The van der Waals surface area contributed by atoms with Gasteiger partial charge < -0.3 is 101 Å². The van der Waals surface area contributed by atoms with Crippen molar-refractivity contribution in [1.82, 2.24) is 63.1 Å². The Labute approximate surface area is 621 Å². The number of benzene rings is 3. The molecule has 0 bridgehead atoms. The minimum atomic E-state index is -1.83. The van der Waals surface area contributed by atoms with Crippen LogP contribution < -0.4 is 76.1 Å². The molecule has 582 valence electrons. The molecule has 22 N–H and O–H groups in total. The minimum absolute atomic E-state index is 0.00941. The summed E-state index contributed by atoms with van der Waals surface area (Å²) < 4.78 is 30.4. The lowest BCUT2D eigenvalue weighted by Gasteiger charge is -2.30. The van der Waals surface area contributed by atoms with Crippen LogP contribution in [0, 0.1) is 17.6 Å². The standard InChI is InChI=1S/C69H93F2N17O17S2/c1-36(2)59-68(105)84-50(29-38-8-3-6-11-44(38)71)65(102)81-46(12-7-26-77-69(74)75)61(98)76-27-24-54(90)79-47(19-21-57(93)94)62(99)83-51(30-39-32-78-45-18-15-40(70)31-43(39)45)66(103)82-48(20-22-58(95)96)63(100)85-52(60(73)97)34-106-107-35-53(67(104)87-59)86-64(101)49(28-37-13-16-42(89)17-14-37)80-55(91)33-88(56(92)23-25-72)41-9-4-5-10-41/h3,6,8,11,13-18,31-32,36,41,46-53,59,78,89H,4-5,7,9-10,12,19-30,33-35,72H2,1-2H3,(H2,73,97)(H,76,98)(H,79,90)(H,80,91)(H,81,102)(H,82,103)(H,83,99)(H,84,105)(H,85,100)(H,86,101)(H,87,104)(H,93,94)(H,95,96)(H4,74,75,77)/t46-,47-,48-,49-,50-,51-,52-,53-,59-/m0/s1. The van der Waals surface area contributed by atoms with Crippen molar-refractivity contribution >= 4 is 121 Å². The van der Waals surface area contributed by atoms with Crippen LogP contribution in [0.15, 0.2) is 77.9 Å². The molecule has 6 rings (SSSR count). The molecule has 4 aromatic rings. The second-order valence-corrected chi connectivity index (χ2v) is 28.6. The quantitative estimate of drug-likeness (QED) is 0.0147. The number of carbonyl (C=O) groups excluding carboxylic acids is 12. The zero-order valence-electron chi connectivity index (χ0n) is 59.0. The molecule has 1 aliphatic heterocycles. The summed E-state index contributed by atoms with van der Waals surface area (Å²) in [6, 6.07) is -0.947. The molecule has 3 aromatic carbocycles. The van der Waals surface area contributed by atoms with Crippen molar-refractivity contribution in [1.29, 1.82) is 0 Å². The van der Waals surface area contributed by atoms with Crippen LogP contribution in [0.25, 0.3) is 10.9 Å². The number of phenolic OH excluding ortho intramolecular Hbond substituents is 1. The van der Waals surface area contributed by atoms with Crippen molar-refractivity contribution < 1.29 is 91.2 Å². The van der Waals surface area contributed by atoms with Crippen LogP contribution in [0.3, 0.4) is 0 Å². The summed E-state index contributed by atoms with van der Waals surface area (Å²) in [6.07, 6.45) is -0.817. The van der Waals surface area contributed by atoms with E-state index in [4.69, 9.17) is 22.9 Å². The van der Waals surface area contributed by atoms with Crippen LogP contribution in [0.4, 0.5) is 8.78 Å². The molecular formula is C69H93F2N17O17S2. The molecule has 2 aliphatic rings. The van der Waals surface area contributed by atoms with E-state index in [2.05, 4.69) is 63.1 Å². The summed E-state index contributed by atoms with van der Waals surface area (Å²) in [4.78, 5) is 204. The van der Waals surface area contributed by atoms with Crippen molar-refractivity contribution in [3.05, 3.63) is 101 Å². The maximum Gasteiger partial charge on any atom is 0.303 e. The number of aromatic hydroxyl groups is 1. The zero-order chi connectivity index (χ0) is 78.4. The Hall–Kier alpha value is -10.6. The first kappa shape index (κ1) is 85.3. The molecule has 0 radical (unpaired) electrons. The average molecular weight is 1530 g/mol. The Morgan fingerprint density at radius 3 is 1.88 bits per heavy atom. The Balaban J connectivity index is 1.42. The third kappa shape index (κ3) is 28.0. The van der Waals surface area contributed by atoms with Gasteiger partial charge >= 0.3 is 11.9 Å². The van der Waals surface area contributed by atoms with E-state index in [1.165, 1.54) is 73.5 Å². The summed E-state index contributed by atoms with van der Waals surface area (Å²) in [7, 11) is 1.60. The van der Waals surface area contributed by atoms with Gasteiger partial charge in [0.1, 0.15) is 71.8 Å². The Kier molecular flexibility index (Phi) is 33.9. The number of H-pyrrole nitrogens is 1. The number of nitrogens with one attached hydrogen (secondary N) is 11. The molecule has 0 spiro atoms. The van der Waals surface area contributed by atoms with Gasteiger partial charge in [0.05, 0.1) is 6.54 Å². The van der Waals surface area contributed by atoms with Crippen molar-refractivity contribution in [3.8, 4) is 5.75 Å². The summed E-state index contributed by atoms with van der Waals surface area (Å²) in [5.74, 6) is -18.5. The highest BCUT2D eigenvalue weighted by atomic mass is 33.1. The number of hydrogen-bond acceptors (Lipinski definition) is 19. The van der Waals surface area contributed by atoms with E-state index in [9.17, 15) is 82.0 Å². The number of rotatable bonds is 26. The third-order valence-electron chi connectivity index (χ3n) is 17.5. The van der Waals surface area contributed by atoms with Crippen molar-refractivity contribution in [2.75, 3.05) is 37.7 Å². The van der Waals surface area contributed by atoms with Gasteiger partial charge in [-0.1, -0.05) is 78.6 Å². The number of aromatic amines is 1. The van der Waals surface area contributed by atoms with Crippen LogP contribution in [0.1, 0.15) is 108 Å². The number of guanidine groups is 1. The number of aliphatic imine (C=N–C) groups is 1. The number of aliphatic carboxylic acids is 2. The Morgan fingerprint density at radius 1 is 0.673 bits per heavy atom. The number of amides is 12. The molecule has 9 atom stereocenters. The summed E-state index contributed by atoms with van der Waals surface area (Å²) in [5.41, 5.74) is 23.6. The van der Waals surface area contributed by atoms with E-state index in [-0.39, 0.29) is 73.0 Å². The van der Waals surface area contributed by atoms with Crippen LogP contribution in [-0.2, 0) is 86.4 Å². The topological polar surface area (TPSA) is 555 Å². The SMILES string of the molecule is CC(C)[C@@H]1NC(=O)[C@@H](NC(=O)[C@H](Cc2ccc(O)cc2)NC(=O)CN(C(=O)CCN)C2CCCC2)CSSC[C@@H](C(N)=O)NC(=O)[C@H](CCC(=O)O)NC(=O)[C@H](Cc2c[nH]c3ccc(F)cc23)NC(=O)[C@H](CCC(=O)O)NC(=O)CCNC(=O)[C@H](CCCN=C(N)N)NC(=O)[C@H](Cc2ccccc2F)NC1=O. The van der Waals surface area contributed by atoms with Gasteiger partial charge in [-0.15, -0.1) is 0 Å². The molecular weight excluding hydrogens is 1440 g/mol. The minimum Gasteiger partial charge on any atom is -0.508 e. The molecule has 1 saturated heterocycles. The van der Waals surface area contributed by atoms with Gasteiger partial charge in [-0.2, -0.15) is 0 Å². The van der Waals surface area contributed by atoms with Gasteiger partial charge in [0.2, 0.25) is 70.9 Å². The molecule has 12 amide bonds. The summed E-state index contributed by atoms with van der Waals surface area (Å²) in [5, 5.41) is 55.2. The fourth-order valence-electron chi connectivity index (χ4n) is 11.8. The first-order valence-corrected chi connectivity index (χ1v) is 37.2. The zero-order valence-corrected chi connectivity index (χ0v) is 60.6. The van der Waals surface area contributed by atoms with E-state index >= 15 is 9.18 Å². The number of halogens is 2. The number of carboxylic acids is 2. The monoisotopic (exact) mass is 1530 g/mol. The number of phenols is 1. The largest absolute Gasteiger partial charge is 0.508 e. The third-order valence-corrected chi connectivity index (χ3v) is 19.9. The fraction of sp³-hybridized carbons (Fsp3) is 0.493. The van der Waals surface area contributed by atoms with E-state index in [0.29, 0.717) is 23.9 Å². The molecule has 1 saturated carbocycles. The van der Waals surface area contributed by atoms with Gasteiger partial charge in [-0.3, -0.25) is 72.1 Å². The first-order valence-electron chi connectivity index (χ1n) is 34.7. The van der Waals surface area contributed by atoms with E-state index in [1.54, 1.807) is 0 Å². The van der Waals surface area contributed by atoms with Crippen LogP contribution in [0.5, 0.6) is 5.75 Å². The van der Waals surface area contributed by atoms with Gasteiger partial charge in [-0.05, 0) is 97.5 Å². The number of fused-ring (bicyclic) bond motifs is 1. The molecule has 34 nitrogen and oxygen atoms in total. The van der Waals surface area contributed by atoms with Crippen LogP contribution in [-0.4, -0.2) is 212 Å². The van der Waals surface area contributed by atoms with Gasteiger partial charge in [0, 0.05) is 99.2 Å². The number of carboxylic acid groups (broad SMARTS) is 2. The number of nitrogens with two attached hydrogens (primary N) is 4. The maximum absolute atomic E-state index is 15.6. The molecule has 38 heteroatoms. The highest BCUT2D eigenvalue weighted by Gasteiger charge is 2.38. The predicted molar refractivity (Wildman–Crippen MR) is 389 cm³/mol. The maximum atomic E-state index is 15.6. The molecule has 0 unspecified atom stereocenters. The number of carbonyl (C=O) groups is 14. The average Bonchev–Trinajstić information content (AvgIpc) is 1.80. The van der Waals surface area contributed by atoms with Crippen molar-refractivity contribution in [3.63, 3.8) is 0 Å². The van der Waals surface area contributed by atoms with Gasteiger partial charge in [-0.25, -0.2) is 8.78 Å². The lowest BCUT2D eigenvalue weighted by atomic mass is 10.00. The highest BCUT2D eigenvalue weighted by molar-refractivity contribution is 8.76. The lowest BCUT2D eigenvalue weighted by molar-refractivity contribution is -0.139.